The molecule has 3 aromatic rings. The number of esters is 1. The zero-order valence-electron chi connectivity index (χ0n) is 21.0. The highest BCUT2D eigenvalue weighted by Crippen LogP contribution is 2.33. The number of anilines is 1. The first kappa shape index (κ1) is 25.5. The number of aromatic nitrogens is 1. The van der Waals surface area contributed by atoms with Crippen LogP contribution in [0.2, 0.25) is 0 Å². The number of benzene rings is 1. The maximum atomic E-state index is 13.8. The Morgan fingerprint density at radius 1 is 1.24 bits per heavy atom. The summed E-state index contributed by atoms with van der Waals surface area (Å²) in [4.78, 5) is 34.2. The van der Waals surface area contributed by atoms with E-state index in [1.54, 1.807) is 31.6 Å². The van der Waals surface area contributed by atoms with E-state index in [-0.39, 0.29) is 12.2 Å². The number of halogens is 1. The van der Waals surface area contributed by atoms with E-state index in [2.05, 4.69) is 25.8 Å². The highest BCUT2D eigenvalue weighted by Gasteiger charge is 2.33. The minimum atomic E-state index is -0.671. The maximum absolute atomic E-state index is 13.8. The third-order valence-corrected chi connectivity index (χ3v) is 8.10. The van der Waals surface area contributed by atoms with Crippen molar-refractivity contribution in [2.24, 2.45) is 4.99 Å². The molecule has 1 atom stereocenters. The average Bonchev–Trinajstić information content (AvgIpc) is 3.42. The Morgan fingerprint density at radius 2 is 1.97 bits per heavy atom. The molecule has 2 aliphatic heterocycles. The third-order valence-electron chi connectivity index (χ3n) is 6.55. The fraction of sp³-hybridized carbons (Fsp3) is 0.370. The molecule has 0 bridgehead atoms. The SMILES string of the molecule is CCOC(=O)C1=C(C)N=c2s/c(=C/c3cc(Br)c(N4CCCCC4)o3)c(=O)n2[C@@H]1c1ccc(OC)cc1. The number of fused-ring (bicyclic) bond motifs is 1. The Balaban J connectivity index is 1.62. The standard InChI is InChI=1S/C27H28BrN3O5S/c1-4-35-26(33)22-16(2)29-27-31(23(22)17-8-10-18(34-3)11-9-17)24(32)21(37-27)15-19-14-20(28)25(36-19)30-12-6-5-7-13-30/h8-11,14-15,23H,4-7,12-13H2,1-3H3/b21-15+/t23-/m1/s1. The Kier molecular flexibility index (Phi) is 7.39. The Bertz CT molecular complexity index is 1530. The molecule has 0 unspecified atom stereocenters. The van der Waals surface area contributed by atoms with Gasteiger partial charge in [-0.1, -0.05) is 23.5 Å². The van der Waals surface area contributed by atoms with Crippen molar-refractivity contribution in [3.8, 4) is 5.75 Å². The van der Waals surface area contributed by atoms with Gasteiger partial charge >= 0.3 is 5.97 Å². The quantitative estimate of drug-likeness (QED) is 0.404. The molecule has 1 fully saturated rings. The minimum absolute atomic E-state index is 0.224. The number of hydrogen-bond donors (Lipinski definition) is 0. The summed E-state index contributed by atoms with van der Waals surface area (Å²) in [6, 6.07) is 8.55. The largest absolute Gasteiger partial charge is 0.497 e. The van der Waals surface area contributed by atoms with Gasteiger partial charge in [0.15, 0.2) is 4.80 Å². The van der Waals surface area contributed by atoms with Gasteiger partial charge < -0.3 is 18.8 Å². The first-order valence-electron chi connectivity index (χ1n) is 12.3. The number of carbonyl (C=O) groups is 1. The number of piperidine rings is 1. The van der Waals surface area contributed by atoms with Crippen molar-refractivity contribution in [1.82, 2.24) is 4.57 Å². The number of thiazole rings is 1. The van der Waals surface area contributed by atoms with Gasteiger partial charge in [0.05, 0.1) is 40.0 Å². The van der Waals surface area contributed by atoms with E-state index < -0.39 is 12.0 Å². The van der Waals surface area contributed by atoms with Crippen LogP contribution in [0.1, 0.15) is 50.5 Å². The van der Waals surface area contributed by atoms with Crippen LogP contribution in [-0.2, 0) is 9.53 Å². The molecule has 0 radical (unpaired) electrons. The Morgan fingerprint density at radius 3 is 2.65 bits per heavy atom. The van der Waals surface area contributed by atoms with E-state index in [0.29, 0.717) is 32.1 Å². The monoisotopic (exact) mass is 585 g/mol. The maximum Gasteiger partial charge on any atom is 0.338 e. The summed E-state index contributed by atoms with van der Waals surface area (Å²) in [5.74, 6) is 1.57. The highest BCUT2D eigenvalue weighted by molar-refractivity contribution is 9.10. The van der Waals surface area contributed by atoms with Crippen LogP contribution < -0.4 is 24.5 Å². The molecule has 0 amide bonds. The zero-order chi connectivity index (χ0) is 26.1. The van der Waals surface area contributed by atoms with Crippen molar-refractivity contribution >= 4 is 45.2 Å². The van der Waals surface area contributed by atoms with Crippen molar-refractivity contribution in [3.63, 3.8) is 0 Å². The van der Waals surface area contributed by atoms with Crippen LogP contribution in [-0.4, -0.2) is 37.3 Å². The normalized spacial score (nSPS) is 18.0. The number of allylic oxidation sites excluding steroid dienone is 1. The van der Waals surface area contributed by atoms with Crippen molar-refractivity contribution in [2.45, 2.75) is 39.2 Å². The second-order valence-electron chi connectivity index (χ2n) is 8.93. The van der Waals surface area contributed by atoms with Gasteiger partial charge in [0.1, 0.15) is 11.5 Å². The first-order valence-corrected chi connectivity index (χ1v) is 13.9. The van der Waals surface area contributed by atoms with E-state index in [1.807, 2.05) is 30.3 Å². The molecular weight excluding hydrogens is 558 g/mol. The highest BCUT2D eigenvalue weighted by atomic mass is 79.9. The molecule has 2 aromatic heterocycles. The molecule has 8 nitrogen and oxygen atoms in total. The van der Waals surface area contributed by atoms with E-state index in [9.17, 15) is 9.59 Å². The van der Waals surface area contributed by atoms with Gasteiger partial charge in [-0.3, -0.25) is 9.36 Å². The molecule has 37 heavy (non-hydrogen) atoms. The molecule has 0 aliphatic carbocycles. The lowest BCUT2D eigenvalue weighted by atomic mass is 9.96. The van der Waals surface area contributed by atoms with E-state index in [4.69, 9.17) is 13.9 Å². The van der Waals surface area contributed by atoms with Crippen molar-refractivity contribution in [3.05, 3.63) is 77.1 Å². The number of hydrogen-bond acceptors (Lipinski definition) is 8. The molecule has 1 saturated heterocycles. The van der Waals surface area contributed by atoms with Gasteiger partial charge in [-0.15, -0.1) is 0 Å². The second kappa shape index (κ2) is 10.7. The van der Waals surface area contributed by atoms with E-state index in [0.717, 1.165) is 41.9 Å². The van der Waals surface area contributed by atoms with Gasteiger partial charge in [-0.05, 0) is 66.7 Å². The molecule has 194 valence electrons. The second-order valence-corrected chi connectivity index (χ2v) is 10.8. The summed E-state index contributed by atoms with van der Waals surface area (Å²) in [5.41, 5.74) is 1.39. The van der Waals surface area contributed by atoms with Crippen LogP contribution in [0.25, 0.3) is 6.08 Å². The number of nitrogens with zero attached hydrogens (tertiary/aromatic N) is 3. The van der Waals surface area contributed by atoms with Gasteiger partial charge in [-0.25, -0.2) is 9.79 Å². The third kappa shape index (κ3) is 4.92. The van der Waals surface area contributed by atoms with Crippen LogP contribution in [0.4, 0.5) is 5.88 Å². The number of carbonyl (C=O) groups excluding carboxylic acids is 1. The summed E-state index contributed by atoms with van der Waals surface area (Å²) in [7, 11) is 1.59. The zero-order valence-corrected chi connectivity index (χ0v) is 23.4. The van der Waals surface area contributed by atoms with Crippen LogP contribution in [0, 0.1) is 0 Å². The van der Waals surface area contributed by atoms with E-state index >= 15 is 0 Å². The summed E-state index contributed by atoms with van der Waals surface area (Å²) in [6.45, 7) is 5.65. The molecule has 0 saturated carbocycles. The van der Waals surface area contributed by atoms with Crippen LogP contribution >= 0.6 is 27.3 Å². The predicted molar refractivity (Wildman–Crippen MR) is 146 cm³/mol. The predicted octanol–water partition coefficient (Wildman–Crippen LogP) is 4.15. The topological polar surface area (TPSA) is 86.3 Å². The Labute approximate surface area is 226 Å². The molecule has 2 aliphatic rings. The number of furan rings is 1. The van der Waals surface area contributed by atoms with E-state index in [1.165, 1.54) is 17.8 Å². The smallest absolute Gasteiger partial charge is 0.338 e. The molecule has 5 rings (SSSR count). The fourth-order valence-electron chi connectivity index (χ4n) is 4.78. The Hall–Kier alpha value is -3.11. The molecule has 4 heterocycles. The number of rotatable bonds is 6. The molecule has 1 aromatic carbocycles. The van der Waals surface area contributed by atoms with Crippen LogP contribution in [0.15, 0.2) is 60.3 Å². The molecular formula is C27H28BrN3O5S. The summed E-state index contributed by atoms with van der Waals surface area (Å²) >= 11 is 4.89. The molecule has 10 heteroatoms. The lowest BCUT2D eigenvalue weighted by Crippen LogP contribution is -2.39. The summed E-state index contributed by atoms with van der Waals surface area (Å²) in [6.07, 6.45) is 5.24. The fourth-order valence-corrected chi connectivity index (χ4v) is 6.37. The summed E-state index contributed by atoms with van der Waals surface area (Å²) < 4.78 is 19.7. The van der Waals surface area contributed by atoms with Gasteiger partial charge in [-0.2, -0.15) is 0 Å². The number of methoxy groups -OCH3 is 1. The van der Waals surface area contributed by atoms with Crippen molar-refractivity contribution < 1.29 is 18.7 Å². The minimum Gasteiger partial charge on any atom is -0.497 e. The van der Waals surface area contributed by atoms with Crippen molar-refractivity contribution in [2.75, 3.05) is 31.7 Å². The van der Waals surface area contributed by atoms with Crippen LogP contribution in [0.3, 0.4) is 0 Å². The van der Waals surface area contributed by atoms with Gasteiger partial charge in [0.2, 0.25) is 5.88 Å². The summed E-state index contributed by atoms with van der Waals surface area (Å²) in [5, 5.41) is 0. The lowest BCUT2D eigenvalue weighted by molar-refractivity contribution is -0.139. The van der Waals surface area contributed by atoms with Crippen molar-refractivity contribution in [1.29, 1.82) is 0 Å². The van der Waals surface area contributed by atoms with Gasteiger partial charge in [0, 0.05) is 25.2 Å². The number of ether oxygens (including phenoxy) is 2. The first-order chi connectivity index (χ1) is 17.9. The average molecular weight is 587 g/mol. The van der Waals surface area contributed by atoms with Gasteiger partial charge in [0.25, 0.3) is 5.56 Å². The molecule has 0 spiro atoms. The lowest BCUT2D eigenvalue weighted by Gasteiger charge is -2.26. The van der Waals surface area contributed by atoms with Crippen LogP contribution in [0.5, 0.6) is 5.75 Å². The molecule has 0 N–H and O–H groups in total.